The lowest BCUT2D eigenvalue weighted by molar-refractivity contribution is 0.0939. The van der Waals surface area contributed by atoms with E-state index in [4.69, 9.17) is 0 Å². The summed E-state index contributed by atoms with van der Waals surface area (Å²) in [6, 6.07) is 17.7. The molecule has 0 aliphatic rings. The number of benzene rings is 2. The van der Waals surface area contributed by atoms with Crippen LogP contribution in [0, 0.1) is 6.92 Å². The van der Waals surface area contributed by atoms with E-state index in [1.165, 1.54) is 18.0 Å². The third kappa shape index (κ3) is 4.41. The second-order valence-electron chi connectivity index (χ2n) is 5.89. The van der Waals surface area contributed by atoms with Crippen LogP contribution in [0.2, 0.25) is 0 Å². The molecule has 0 aliphatic heterocycles. The smallest absolute Gasteiger partial charge is 0.254 e. The highest BCUT2D eigenvalue weighted by atomic mass is 16.1. The molecule has 5 heteroatoms. The molecule has 5 nitrogen and oxygen atoms in total. The van der Waals surface area contributed by atoms with Crippen LogP contribution in [0.25, 0.3) is 0 Å². The van der Waals surface area contributed by atoms with Crippen LogP contribution in [-0.4, -0.2) is 15.9 Å². The minimum Gasteiger partial charge on any atom is -0.345 e. The van der Waals surface area contributed by atoms with Gasteiger partial charge in [0.2, 0.25) is 5.95 Å². The molecule has 2 N–H and O–H groups in total. The number of aromatic nitrogens is 2. The zero-order chi connectivity index (χ0) is 17.6. The Hall–Kier alpha value is -3.21. The van der Waals surface area contributed by atoms with E-state index in [-0.39, 0.29) is 11.9 Å². The maximum Gasteiger partial charge on any atom is 0.254 e. The summed E-state index contributed by atoms with van der Waals surface area (Å²) in [5.41, 5.74) is 3.57. The summed E-state index contributed by atoms with van der Waals surface area (Å²) in [6.45, 7) is 3.98. The van der Waals surface area contributed by atoms with Crippen molar-refractivity contribution in [1.82, 2.24) is 15.3 Å². The Morgan fingerprint density at radius 2 is 1.60 bits per heavy atom. The van der Waals surface area contributed by atoms with Gasteiger partial charge < -0.3 is 10.6 Å². The molecule has 0 spiro atoms. The Morgan fingerprint density at radius 1 is 0.960 bits per heavy atom. The molecular weight excluding hydrogens is 312 g/mol. The number of hydrogen-bond donors (Lipinski definition) is 2. The highest BCUT2D eigenvalue weighted by Gasteiger charge is 2.12. The lowest BCUT2D eigenvalue weighted by Gasteiger charge is -2.14. The molecule has 1 heterocycles. The molecule has 0 bridgehead atoms. The van der Waals surface area contributed by atoms with Gasteiger partial charge in [-0.1, -0.05) is 48.0 Å². The number of carbonyl (C=O) groups is 1. The molecule has 1 atom stereocenters. The van der Waals surface area contributed by atoms with Crippen molar-refractivity contribution in [1.29, 1.82) is 0 Å². The number of aryl methyl sites for hydroxylation is 1. The number of hydrogen-bond acceptors (Lipinski definition) is 4. The maximum atomic E-state index is 12.3. The van der Waals surface area contributed by atoms with Crippen molar-refractivity contribution in [2.75, 3.05) is 5.32 Å². The van der Waals surface area contributed by atoms with Gasteiger partial charge in [0.15, 0.2) is 0 Å². The maximum absolute atomic E-state index is 12.3. The first-order chi connectivity index (χ1) is 12.1. The van der Waals surface area contributed by atoms with E-state index in [1.54, 1.807) is 0 Å². The fourth-order valence-electron chi connectivity index (χ4n) is 2.38. The van der Waals surface area contributed by atoms with E-state index in [9.17, 15) is 4.79 Å². The van der Waals surface area contributed by atoms with Gasteiger partial charge in [-0.15, -0.1) is 0 Å². The highest BCUT2D eigenvalue weighted by Crippen LogP contribution is 2.14. The zero-order valence-electron chi connectivity index (χ0n) is 14.2. The normalized spacial score (nSPS) is 11.6. The van der Waals surface area contributed by atoms with Gasteiger partial charge >= 0.3 is 0 Å². The van der Waals surface area contributed by atoms with E-state index in [0.29, 0.717) is 11.5 Å². The number of nitrogens with one attached hydrogen (secondary N) is 2. The van der Waals surface area contributed by atoms with Gasteiger partial charge in [0.1, 0.15) is 0 Å². The van der Waals surface area contributed by atoms with Gasteiger partial charge in [0, 0.05) is 18.1 Å². The van der Waals surface area contributed by atoms with Gasteiger partial charge in [-0.3, -0.25) is 4.79 Å². The van der Waals surface area contributed by atoms with E-state index >= 15 is 0 Å². The molecule has 3 aromatic rings. The monoisotopic (exact) mass is 332 g/mol. The van der Waals surface area contributed by atoms with E-state index in [1.807, 2.05) is 68.4 Å². The number of amides is 1. The van der Waals surface area contributed by atoms with Crippen molar-refractivity contribution in [2.45, 2.75) is 19.9 Å². The Balaban J connectivity index is 1.63. The molecule has 0 saturated carbocycles. The molecule has 3 rings (SSSR count). The minimum atomic E-state index is -0.196. The van der Waals surface area contributed by atoms with Gasteiger partial charge in [0.25, 0.3) is 5.91 Å². The van der Waals surface area contributed by atoms with Gasteiger partial charge in [-0.05, 0) is 31.5 Å². The number of nitrogens with zero attached hydrogens (tertiary/aromatic N) is 2. The van der Waals surface area contributed by atoms with Gasteiger partial charge in [0.05, 0.1) is 11.6 Å². The van der Waals surface area contributed by atoms with Crippen molar-refractivity contribution >= 4 is 17.5 Å². The second-order valence-corrected chi connectivity index (χ2v) is 5.89. The topological polar surface area (TPSA) is 66.9 Å². The minimum absolute atomic E-state index is 0.0842. The third-order valence-electron chi connectivity index (χ3n) is 3.87. The summed E-state index contributed by atoms with van der Waals surface area (Å²) < 4.78 is 0. The quantitative estimate of drug-likeness (QED) is 0.740. The SMILES string of the molecule is Cc1ccc(Nc2ncc(C(=O)NC(C)c3ccccc3)cn2)cc1. The van der Waals surface area contributed by atoms with Crippen LogP contribution in [0.1, 0.15) is 34.5 Å². The zero-order valence-corrected chi connectivity index (χ0v) is 14.2. The van der Waals surface area contributed by atoms with Gasteiger partial charge in [-0.2, -0.15) is 0 Å². The van der Waals surface area contributed by atoms with E-state index in [2.05, 4.69) is 20.6 Å². The molecule has 126 valence electrons. The molecule has 0 saturated heterocycles. The van der Waals surface area contributed by atoms with Crippen LogP contribution in [0.15, 0.2) is 67.0 Å². The average molecular weight is 332 g/mol. The molecule has 0 radical (unpaired) electrons. The molecular formula is C20H20N4O. The standard InChI is InChI=1S/C20H20N4O/c1-14-8-10-18(11-9-14)24-20-21-12-17(13-22-20)19(25)23-15(2)16-6-4-3-5-7-16/h3-13,15H,1-2H3,(H,23,25)(H,21,22,24). The van der Waals surface area contributed by atoms with Crippen LogP contribution in [0.5, 0.6) is 0 Å². The van der Waals surface area contributed by atoms with E-state index in [0.717, 1.165) is 11.3 Å². The summed E-state index contributed by atoms with van der Waals surface area (Å²) in [6.07, 6.45) is 3.05. The Morgan fingerprint density at radius 3 is 2.24 bits per heavy atom. The fraction of sp³-hybridized carbons (Fsp3) is 0.150. The van der Waals surface area contributed by atoms with Crippen molar-refractivity contribution in [2.24, 2.45) is 0 Å². The third-order valence-corrected chi connectivity index (χ3v) is 3.87. The second kappa shape index (κ2) is 7.57. The van der Waals surface area contributed by atoms with Crippen LogP contribution in [-0.2, 0) is 0 Å². The number of rotatable bonds is 5. The molecule has 1 aromatic heterocycles. The summed E-state index contributed by atoms with van der Waals surface area (Å²) >= 11 is 0. The first-order valence-corrected chi connectivity index (χ1v) is 8.13. The largest absolute Gasteiger partial charge is 0.345 e. The van der Waals surface area contributed by atoms with Crippen LogP contribution in [0.4, 0.5) is 11.6 Å². The average Bonchev–Trinajstić information content (AvgIpc) is 2.65. The Bertz CT molecular complexity index is 830. The number of anilines is 2. The Kier molecular flexibility index (Phi) is 5.04. The first kappa shape index (κ1) is 16.6. The van der Waals surface area contributed by atoms with Gasteiger partial charge in [-0.25, -0.2) is 9.97 Å². The van der Waals surface area contributed by atoms with Crippen molar-refractivity contribution < 1.29 is 4.79 Å². The molecule has 0 fully saturated rings. The fourth-order valence-corrected chi connectivity index (χ4v) is 2.38. The highest BCUT2D eigenvalue weighted by molar-refractivity contribution is 5.93. The summed E-state index contributed by atoms with van der Waals surface area (Å²) in [5, 5.41) is 6.06. The summed E-state index contributed by atoms with van der Waals surface area (Å²) in [4.78, 5) is 20.8. The van der Waals surface area contributed by atoms with Crippen LogP contribution in [0.3, 0.4) is 0 Å². The van der Waals surface area contributed by atoms with Crippen molar-refractivity contribution in [3.05, 3.63) is 83.7 Å². The van der Waals surface area contributed by atoms with Crippen molar-refractivity contribution in [3.8, 4) is 0 Å². The van der Waals surface area contributed by atoms with Crippen LogP contribution >= 0.6 is 0 Å². The predicted molar refractivity (Wildman–Crippen MR) is 98.8 cm³/mol. The summed E-state index contributed by atoms with van der Waals surface area (Å²) in [7, 11) is 0. The number of carbonyl (C=O) groups excluding carboxylic acids is 1. The lowest BCUT2D eigenvalue weighted by atomic mass is 10.1. The van der Waals surface area contributed by atoms with Crippen molar-refractivity contribution in [3.63, 3.8) is 0 Å². The molecule has 1 unspecified atom stereocenters. The molecule has 1 amide bonds. The molecule has 0 aliphatic carbocycles. The molecule has 2 aromatic carbocycles. The molecule has 25 heavy (non-hydrogen) atoms. The lowest BCUT2D eigenvalue weighted by Crippen LogP contribution is -2.26. The first-order valence-electron chi connectivity index (χ1n) is 8.13. The summed E-state index contributed by atoms with van der Waals surface area (Å²) in [5.74, 6) is 0.259. The Labute approximate surface area is 147 Å². The van der Waals surface area contributed by atoms with Crippen LogP contribution < -0.4 is 10.6 Å². The predicted octanol–water partition coefficient (Wildman–Crippen LogP) is 4.02. The van der Waals surface area contributed by atoms with E-state index < -0.39 is 0 Å².